The highest BCUT2D eigenvalue weighted by Crippen LogP contribution is 2.19. The Morgan fingerprint density at radius 2 is 1.52 bits per heavy atom. The molecular weight excluding hydrogens is 266 g/mol. The first-order valence-electron chi connectivity index (χ1n) is 6.66. The second kappa shape index (κ2) is 6.56. The van der Waals surface area contributed by atoms with Crippen molar-refractivity contribution in [1.29, 1.82) is 0 Å². The Morgan fingerprint density at radius 1 is 0.952 bits per heavy atom. The maximum Gasteiger partial charge on any atom is 0.257 e. The minimum Gasteiger partial charge on any atom is -0.385 e. The molecule has 0 saturated heterocycles. The lowest BCUT2D eigenvalue weighted by atomic mass is 10.1. The van der Waals surface area contributed by atoms with Crippen molar-refractivity contribution in [1.82, 2.24) is 0 Å². The van der Waals surface area contributed by atoms with Gasteiger partial charge in [-0.05, 0) is 31.2 Å². The molecule has 108 valence electrons. The van der Waals surface area contributed by atoms with E-state index in [9.17, 15) is 9.59 Å². The number of hydrogen-bond donors (Lipinski definition) is 3. The van der Waals surface area contributed by atoms with Crippen molar-refractivity contribution in [2.75, 3.05) is 17.2 Å². The van der Waals surface area contributed by atoms with Gasteiger partial charge in [-0.15, -0.1) is 0 Å². The monoisotopic (exact) mass is 283 g/mol. The van der Waals surface area contributed by atoms with Crippen molar-refractivity contribution >= 4 is 23.2 Å². The summed E-state index contributed by atoms with van der Waals surface area (Å²) in [5.74, 6) is -0.869. The maximum absolute atomic E-state index is 12.4. The van der Waals surface area contributed by atoms with Gasteiger partial charge < -0.3 is 16.4 Å². The van der Waals surface area contributed by atoms with E-state index in [0.29, 0.717) is 17.8 Å². The quantitative estimate of drug-likeness (QED) is 0.788. The number of anilines is 2. The van der Waals surface area contributed by atoms with Crippen LogP contribution in [0, 0.1) is 0 Å². The zero-order valence-electron chi connectivity index (χ0n) is 11.7. The zero-order valence-corrected chi connectivity index (χ0v) is 11.7. The molecule has 0 fully saturated rings. The van der Waals surface area contributed by atoms with Crippen LogP contribution < -0.4 is 16.4 Å². The fourth-order valence-electron chi connectivity index (χ4n) is 2.02. The number of hydrogen-bond acceptors (Lipinski definition) is 3. The molecule has 0 bridgehead atoms. The molecule has 2 amide bonds. The fraction of sp³-hybridized carbons (Fsp3) is 0.125. The summed E-state index contributed by atoms with van der Waals surface area (Å²) in [7, 11) is 0. The normalized spacial score (nSPS) is 9.95. The van der Waals surface area contributed by atoms with Crippen LogP contribution >= 0.6 is 0 Å². The first-order valence-corrected chi connectivity index (χ1v) is 6.66. The molecule has 4 N–H and O–H groups in total. The van der Waals surface area contributed by atoms with Gasteiger partial charge in [0.15, 0.2) is 0 Å². The summed E-state index contributed by atoms with van der Waals surface area (Å²) in [5.41, 5.74) is 7.25. The van der Waals surface area contributed by atoms with Gasteiger partial charge in [-0.25, -0.2) is 0 Å². The van der Waals surface area contributed by atoms with Crippen molar-refractivity contribution in [3.8, 4) is 0 Å². The minimum atomic E-state index is -0.578. The van der Waals surface area contributed by atoms with Gasteiger partial charge in [0.25, 0.3) is 11.8 Å². The summed E-state index contributed by atoms with van der Waals surface area (Å²) in [4.78, 5) is 23.7. The number of benzene rings is 2. The summed E-state index contributed by atoms with van der Waals surface area (Å²) in [6.45, 7) is 2.67. The molecule has 0 spiro atoms. The Balaban J connectivity index is 2.29. The summed E-state index contributed by atoms with van der Waals surface area (Å²) < 4.78 is 0. The molecule has 0 radical (unpaired) electrons. The molecular formula is C16H17N3O2. The molecule has 5 heteroatoms. The minimum absolute atomic E-state index is 0.284. The maximum atomic E-state index is 12.4. The average Bonchev–Trinajstić information content (AvgIpc) is 2.48. The van der Waals surface area contributed by atoms with Crippen molar-refractivity contribution in [3.05, 3.63) is 59.7 Å². The van der Waals surface area contributed by atoms with Crippen LogP contribution in [-0.2, 0) is 0 Å². The zero-order chi connectivity index (χ0) is 15.2. The number of para-hydroxylation sites is 2. The van der Waals surface area contributed by atoms with Gasteiger partial charge >= 0.3 is 0 Å². The van der Waals surface area contributed by atoms with Crippen molar-refractivity contribution in [3.63, 3.8) is 0 Å². The van der Waals surface area contributed by atoms with Crippen LogP contribution in [0.5, 0.6) is 0 Å². The number of nitrogens with two attached hydrogens (primary N) is 1. The Morgan fingerprint density at radius 3 is 2.14 bits per heavy atom. The first kappa shape index (κ1) is 14.6. The Kier molecular flexibility index (Phi) is 4.56. The number of carbonyl (C=O) groups is 2. The van der Waals surface area contributed by atoms with E-state index in [0.717, 1.165) is 5.69 Å². The number of rotatable bonds is 5. The highest BCUT2D eigenvalue weighted by Gasteiger charge is 2.14. The fourth-order valence-corrected chi connectivity index (χ4v) is 2.02. The Hall–Kier alpha value is -2.82. The molecule has 0 aliphatic heterocycles. The summed E-state index contributed by atoms with van der Waals surface area (Å²) in [6.07, 6.45) is 0. The average molecular weight is 283 g/mol. The number of carbonyl (C=O) groups excluding carboxylic acids is 2. The van der Waals surface area contributed by atoms with Gasteiger partial charge in [-0.2, -0.15) is 0 Å². The molecule has 0 aromatic heterocycles. The Bertz CT molecular complexity index is 668. The van der Waals surface area contributed by atoms with Crippen LogP contribution in [0.15, 0.2) is 48.5 Å². The van der Waals surface area contributed by atoms with E-state index in [2.05, 4.69) is 10.6 Å². The molecule has 21 heavy (non-hydrogen) atoms. The van der Waals surface area contributed by atoms with Gasteiger partial charge in [0.1, 0.15) is 0 Å². The summed E-state index contributed by atoms with van der Waals surface area (Å²) in [6, 6.07) is 13.9. The largest absolute Gasteiger partial charge is 0.385 e. The molecule has 0 aliphatic carbocycles. The highest BCUT2D eigenvalue weighted by atomic mass is 16.2. The van der Waals surface area contributed by atoms with E-state index in [1.54, 1.807) is 36.4 Å². The number of primary amides is 1. The van der Waals surface area contributed by atoms with E-state index in [1.807, 2.05) is 19.1 Å². The molecule has 0 atom stereocenters. The van der Waals surface area contributed by atoms with Crippen LogP contribution in [0.25, 0.3) is 0 Å². The van der Waals surface area contributed by atoms with Gasteiger partial charge in [0, 0.05) is 12.2 Å². The second-order valence-corrected chi connectivity index (χ2v) is 4.44. The third-order valence-corrected chi connectivity index (χ3v) is 2.98. The van der Waals surface area contributed by atoms with Crippen LogP contribution in [0.1, 0.15) is 27.6 Å². The van der Waals surface area contributed by atoms with E-state index in [4.69, 9.17) is 5.73 Å². The van der Waals surface area contributed by atoms with Gasteiger partial charge in [0.2, 0.25) is 0 Å². The SMILES string of the molecule is CCNc1ccccc1C(=O)Nc1ccccc1C(N)=O. The van der Waals surface area contributed by atoms with E-state index in [-0.39, 0.29) is 11.5 Å². The topological polar surface area (TPSA) is 84.2 Å². The third-order valence-electron chi connectivity index (χ3n) is 2.98. The molecule has 5 nitrogen and oxygen atoms in total. The molecule has 0 unspecified atom stereocenters. The van der Waals surface area contributed by atoms with Crippen molar-refractivity contribution in [2.24, 2.45) is 5.73 Å². The molecule has 0 aliphatic rings. The number of amides is 2. The standard InChI is InChI=1S/C16H17N3O2/c1-2-18-13-9-5-4-8-12(13)16(21)19-14-10-6-3-7-11(14)15(17)20/h3-10,18H,2H2,1H3,(H2,17,20)(H,19,21). The predicted molar refractivity (Wildman–Crippen MR) is 83.5 cm³/mol. The lowest BCUT2D eigenvalue weighted by molar-refractivity contribution is 0.100. The van der Waals surface area contributed by atoms with Gasteiger partial charge in [0.05, 0.1) is 16.8 Å². The lowest BCUT2D eigenvalue weighted by Gasteiger charge is -2.12. The third kappa shape index (κ3) is 3.39. The van der Waals surface area contributed by atoms with Crippen molar-refractivity contribution in [2.45, 2.75) is 6.92 Å². The molecule has 0 saturated carbocycles. The number of nitrogens with one attached hydrogen (secondary N) is 2. The van der Waals surface area contributed by atoms with Crippen LogP contribution in [0.3, 0.4) is 0 Å². The molecule has 2 aromatic carbocycles. The first-order chi connectivity index (χ1) is 10.1. The van der Waals surface area contributed by atoms with Crippen LogP contribution in [0.4, 0.5) is 11.4 Å². The molecule has 2 aromatic rings. The van der Waals surface area contributed by atoms with Crippen LogP contribution in [0.2, 0.25) is 0 Å². The summed E-state index contributed by atoms with van der Waals surface area (Å²) in [5, 5.41) is 5.85. The second-order valence-electron chi connectivity index (χ2n) is 4.44. The van der Waals surface area contributed by atoms with Crippen LogP contribution in [-0.4, -0.2) is 18.4 Å². The van der Waals surface area contributed by atoms with E-state index >= 15 is 0 Å². The highest BCUT2D eigenvalue weighted by molar-refractivity contribution is 6.11. The summed E-state index contributed by atoms with van der Waals surface area (Å²) >= 11 is 0. The smallest absolute Gasteiger partial charge is 0.257 e. The van der Waals surface area contributed by atoms with Gasteiger partial charge in [-0.1, -0.05) is 24.3 Å². The van der Waals surface area contributed by atoms with Gasteiger partial charge in [-0.3, -0.25) is 9.59 Å². The van der Waals surface area contributed by atoms with E-state index < -0.39 is 5.91 Å². The predicted octanol–water partition coefficient (Wildman–Crippen LogP) is 2.47. The van der Waals surface area contributed by atoms with Crippen molar-refractivity contribution < 1.29 is 9.59 Å². The molecule has 0 heterocycles. The molecule has 2 rings (SSSR count). The Labute approximate surface area is 123 Å². The van der Waals surface area contributed by atoms with E-state index in [1.165, 1.54) is 0 Å². The lowest BCUT2D eigenvalue weighted by Crippen LogP contribution is -2.19.